The lowest BCUT2D eigenvalue weighted by Crippen LogP contribution is -2.18. The van der Waals surface area contributed by atoms with Crippen LogP contribution in [0.5, 0.6) is 0 Å². The van der Waals surface area contributed by atoms with Crippen molar-refractivity contribution in [1.82, 2.24) is 10.3 Å². The van der Waals surface area contributed by atoms with Gasteiger partial charge in [-0.3, -0.25) is 15.1 Å². The van der Waals surface area contributed by atoms with Crippen molar-refractivity contribution in [2.45, 2.75) is 26.4 Å². The van der Waals surface area contributed by atoms with Gasteiger partial charge in [-0.1, -0.05) is 18.2 Å². The standard InChI is InChI=1S/C15H17N3O2/c1-11-5-6-14(8-15(11)18(19)20)12(2)17-10-13-4-3-7-16-9-13/h3-9,12,17H,10H2,1-2H3. The highest BCUT2D eigenvalue weighted by molar-refractivity contribution is 5.43. The van der Waals surface area contributed by atoms with Gasteiger partial charge < -0.3 is 5.32 Å². The van der Waals surface area contributed by atoms with E-state index in [1.54, 1.807) is 31.5 Å². The van der Waals surface area contributed by atoms with E-state index in [1.165, 1.54) is 0 Å². The number of nitrogens with one attached hydrogen (secondary N) is 1. The van der Waals surface area contributed by atoms with E-state index < -0.39 is 0 Å². The van der Waals surface area contributed by atoms with Gasteiger partial charge in [0.25, 0.3) is 5.69 Å². The molecular weight excluding hydrogens is 254 g/mol. The second-order valence-electron chi connectivity index (χ2n) is 4.77. The first-order valence-corrected chi connectivity index (χ1v) is 6.45. The van der Waals surface area contributed by atoms with Gasteiger partial charge in [0.15, 0.2) is 0 Å². The number of hydrogen-bond acceptors (Lipinski definition) is 4. The molecule has 2 rings (SSSR count). The zero-order valence-electron chi connectivity index (χ0n) is 11.5. The number of nitro benzene ring substituents is 1. The first-order valence-electron chi connectivity index (χ1n) is 6.45. The fraction of sp³-hybridized carbons (Fsp3) is 0.267. The first-order chi connectivity index (χ1) is 9.58. The summed E-state index contributed by atoms with van der Waals surface area (Å²) in [5.74, 6) is 0. The quantitative estimate of drug-likeness (QED) is 0.670. The molecule has 0 radical (unpaired) electrons. The summed E-state index contributed by atoms with van der Waals surface area (Å²) < 4.78 is 0. The third-order valence-corrected chi connectivity index (χ3v) is 3.27. The summed E-state index contributed by atoms with van der Waals surface area (Å²) in [6, 6.07) is 9.26. The predicted octanol–water partition coefficient (Wildman–Crippen LogP) is 3.15. The van der Waals surface area contributed by atoms with Gasteiger partial charge in [-0.2, -0.15) is 0 Å². The smallest absolute Gasteiger partial charge is 0.272 e. The van der Waals surface area contributed by atoms with Gasteiger partial charge in [0.2, 0.25) is 0 Å². The number of rotatable bonds is 5. The Balaban J connectivity index is 2.07. The molecule has 104 valence electrons. The van der Waals surface area contributed by atoms with Crippen LogP contribution in [0.4, 0.5) is 5.69 Å². The highest BCUT2D eigenvalue weighted by Gasteiger charge is 2.14. The molecule has 1 unspecified atom stereocenters. The van der Waals surface area contributed by atoms with E-state index >= 15 is 0 Å². The summed E-state index contributed by atoms with van der Waals surface area (Å²) in [6.07, 6.45) is 3.54. The largest absolute Gasteiger partial charge is 0.306 e. The molecule has 1 aromatic carbocycles. The number of hydrogen-bond donors (Lipinski definition) is 1. The molecule has 1 heterocycles. The maximum Gasteiger partial charge on any atom is 0.272 e. The van der Waals surface area contributed by atoms with E-state index in [1.807, 2.05) is 25.1 Å². The highest BCUT2D eigenvalue weighted by Crippen LogP contribution is 2.23. The number of benzene rings is 1. The predicted molar refractivity (Wildman–Crippen MR) is 77.3 cm³/mol. The van der Waals surface area contributed by atoms with Gasteiger partial charge in [0, 0.05) is 36.6 Å². The molecule has 0 saturated heterocycles. The van der Waals surface area contributed by atoms with E-state index in [-0.39, 0.29) is 16.7 Å². The van der Waals surface area contributed by atoms with Crippen LogP contribution in [0.2, 0.25) is 0 Å². The third kappa shape index (κ3) is 3.39. The molecule has 0 saturated carbocycles. The zero-order chi connectivity index (χ0) is 14.5. The van der Waals surface area contributed by atoms with Crippen molar-refractivity contribution in [2.75, 3.05) is 0 Å². The summed E-state index contributed by atoms with van der Waals surface area (Å²) >= 11 is 0. The second-order valence-corrected chi connectivity index (χ2v) is 4.77. The van der Waals surface area contributed by atoms with Gasteiger partial charge in [0.1, 0.15) is 0 Å². The lowest BCUT2D eigenvalue weighted by atomic mass is 10.0. The number of pyridine rings is 1. The number of aromatic nitrogens is 1. The molecular formula is C15H17N3O2. The molecule has 0 fully saturated rings. The molecule has 5 nitrogen and oxygen atoms in total. The lowest BCUT2D eigenvalue weighted by molar-refractivity contribution is -0.385. The Kier molecular flexibility index (Phi) is 4.42. The minimum atomic E-state index is -0.341. The summed E-state index contributed by atoms with van der Waals surface area (Å²) in [7, 11) is 0. The van der Waals surface area contributed by atoms with E-state index in [0.29, 0.717) is 12.1 Å². The van der Waals surface area contributed by atoms with E-state index in [4.69, 9.17) is 0 Å². The minimum Gasteiger partial charge on any atom is -0.306 e. The Morgan fingerprint density at radius 1 is 1.40 bits per heavy atom. The Labute approximate surface area is 117 Å². The topological polar surface area (TPSA) is 68.1 Å². The first kappa shape index (κ1) is 14.1. The van der Waals surface area contributed by atoms with Gasteiger partial charge >= 0.3 is 0 Å². The SMILES string of the molecule is Cc1ccc(C(C)NCc2cccnc2)cc1[N+](=O)[O-]. The molecule has 0 aliphatic heterocycles. The minimum absolute atomic E-state index is 0.0366. The number of nitro groups is 1. The second kappa shape index (κ2) is 6.25. The van der Waals surface area contributed by atoms with Crippen LogP contribution < -0.4 is 5.32 Å². The van der Waals surface area contributed by atoms with Crippen molar-refractivity contribution in [2.24, 2.45) is 0 Å². The normalized spacial score (nSPS) is 12.1. The van der Waals surface area contributed by atoms with Crippen molar-refractivity contribution >= 4 is 5.69 Å². The highest BCUT2D eigenvalue weighted by atomic mass is 16.6. The maximum atomic E-state index is 11.0. The van der Waals surface area contributed by atoms with Crippen LogP contribution in [0.3, 0.4) is 0 Å². The van der Waals surface area contributed by atoms with Gasteiger partial charge in [-0.25, -0.2) is 0 Å². The van der Waals surface area contributed by atoms with Gasteiger partial charge in [0.05, 0.1) is 4.92 Å². The monoisotopic (exact) mass is 271 g/mol. The summed E-state index contributed by atoms with van der Waals surface area (Å²) in [6.45, 7) is 4.41. The van der Waals surface area contributed by atoms with E-state index in [9.17, 15) is 10.1 Å². The van der Waals surface area contributed by atoms with Crippen molar-refractivity contribution in [3.05, 3.63) is 69.5 Å². The van der Waals surface area contributed by atoms with Crippen LogP contribution in [-0.2, 0) is 6.54 Å². The van der Waals surface area contributed by atoms with Crippen LogP contribution in [0.1, 0.15) is 29.7 Å². The van der Waals surface area contributed by atoms with Crippen LogP contribution in [0.15, 0.2) is 42.7 Å². The van der Waals surface area contributed by atoms with Crippen molar-refractivity contribution in [3.63, 3.8) is 0 Å². The molecule has 1 atom stereocenters. The van der Waals surface area contributed by atoms with E-state index in [0.717, 1.165) is 11.1 Å². The zero-order valence-corrected chi connectivity index (χ0v) is 11.5. The van der Waals surface area contributed by atoms with Crippen molar-refractivity contribution in [3.8, 4) is 0 Å². The molecule has 1 aromatic heterocycles. The average Bonchev–Trinajstić information content (AvgIpc) is 2.46. The van der Waals surface area contributed by atoms with Crippen LogP contribution in [0.25, 0.3) is 0 Å². The van der Waals surface area contributed by atoms with Gasteiger partial charge in [-0.05, 0) is 31.0 Å². The lowest BCUT2D eigenvalue weighted by Gasteiger charge is -2.14. The molecule has 2 aromatic rings. The molecule has 20 heavy (non-hydrogen) atoms. The summed E-state index contributed by atoms with van der Waals surface area (Å²) in [4.78, 5) is 14.7. The maximum absolute atomic E-state index is 11.0. The third-order valence-electron chi connectivity index (χ3n) is 3.27. The molecule has 5 heteroatoms. The number of aryl methyl sites for hydroxylation is 1. The molecule has 0 bridgehead atoms. The fourth-order valence-corrected chi connectivity index (χ4v) is 1.98. The molecule has 0 amide bonds. The van der Waals surface area contributed by atoms with Crippen molar-refractivity contribution < 1.29 is 4.92 Å². The van der Waals surface area contributed by atoms with Crippen LogP contribution in [0, 0.1) is 17.0 Å². The Morgan fingerprint density at radius 2 is 2.20 bits per heavy atom. The molecule has 0 aliphatic carbocycles. The van der Waals surface area contributed by atoms with Crippen LogP contribution in [-0.4, -0.2) is 9.91 Å². The van der Waals surface area contributed by atoms with Crippen molar-refractivity contribution in [1.29, 1.82) is 0 Å². The van der Waals surface area contributed by atoms with Crippen LogP contribution >= 0.6 is 0 Å². The Bertz CT molecular complexity index is 599. The summed E-state index contributed by atoms with van der Waals surface area (Å²) in [5.41, 5.74) is 2.84. The van der Waals surface area contributed by atoms with E-state index in [2.05, 4.69) is 10.3 Å². The van der Waals surface area contributed by atoms with Gasteiger partial charge in [-0.15, -0.1) is 0 Å². The molecule has 0 spiro atoms. The average molecular weight is 271 g/mol. The fourth-order valence-electron chi connectivity index (χ4n) is 1.98. The summed E-state index contributed by atoms with van der Waals surface area (Å²) in [5, 5.41) is 14.3. The Morgan fingerprint density at radius 3 is 2.85 bits per heavy atom. The molecule has 1 N–H and O–H groups in total. The Hall–Kier alpha value is -2.27. The molecule has 0 aliphatic rings. The number of nitrogens with zero attached hydrogens (tertiary/aromatic N) is 2.